The Hall–Kier alpha value is -0.950. The first-order valence-corrected chi connectivity index (χ1v) is 7.85. The molecule has 0 aliphatic heterocycles. The highest BCUT2D eigenvalue weighted by atomic mass is 32.2. The number of alkyl halides is 1. The molecule has 7 heteroatoms. The first-order chi connectivity index (χ1) is 8.76. The van der Waals surface area contributed by atoms with Gasteiger partial charge in [0.2, 0.25) is 0 Å². The molecular weight excluding hydrogens is 271 g/mol. The Bertz CT molecular complexity index is 444. The number of unbranched alkanes of at least 4 members (excludes halogenated alkanes) is 1. The summed E-state index contributed by atoms with van der Waals surface area (Å²) in [5.74, 6) is 1.58. The van der Waals surface area contributed by atoms with Crippen molar-refractivity contribution in [3.05, 3.63) is 18.2 Å². The SMILES string of the molecule is CC(C)Cc1[nH]cc[n+]1C.O=S(=O)([O-])CCCCF. The first kappa shape index (κ1) is 18.0. The zero-order valence-electron chi connectivity index (χ0n) is 11.7. The third-order valence-corrected chi connectivity index (χ3v) is 3.14. The highest BCUT2D eigenvalue weighted by molar-refractivity contribution is 7.85. The lowest BCUT2D eigenvalue weighted by Gasteiger charge is -2.03. The summed E-state index contributed by atoms with van der Waals surface area (Å²) < 4.78 is 42.9. The van der Waals surface area contributed by atoms with Crippen molar-refractivity contribution in [2.45, 2.75) is 33.1 Å². The molecule has 1 heterocycles. The minimum absolute atomic E-state index is 0.127. The molecule has 0 unspecified atom stereocenters. The van der Waals surface area contributed by atoms with Crippen LogP contribution in [-0.2, 0) is 23.6 Å². The Labute approximate surface area is 114 Å². The van der Waals surface area contributed by atoms with E-state index in [0.29, 0.717) is 0 Å². The van der Waals surface area contributed by atoms with Crippen LogP contribution in [-0.4, -0.2) is 30.4 Å². The van der Waals surface area contributed by atoms with Crippen molar-refractivity contribution >= 4 is 10.1 Å². The monoisotopic (exact) mass is 294 g/mol. The molecule has 1 N–H and O–H groups in total. The molecule has 0 radical (unpaired) electrons. The Morgan fingerprint density at radius 2 is 2.05 bits per heavy atom. The molecule has 0 aromatic carbocycles. The third-order valence-electron chi connectivity index (χ3n) is 2.35. The van der Waals surface area contributed by atoms with E-state index in [-0.39, 0.29) is 12.8 Å². The fourth-order valence-corrected chi connectivity index (χ4v) is 1.96. The summed E-state index contributed by atoms with van der Waals surface area (Å²) in [5, 5.41) is 0. The van der Waals surface area contributed by atoms with E-state index < -0.39 is 22.5 Å². The van der Waals surface area contributed by atoms with Gasteiger partial charge in [-0.15, -0.1) is 0 Å². The first-order valence-electron chi connectivity index (χ1n) is 6.27. The topological polar surface area (TPSA) is 76.9 Å². The Morgan fingerprint density at radius 1 is 1.42 bits per heavy atom. The molecule has 1 rings (SSSR count). The van der Waals surface area contributed by atoms with Gasteiger partial charge in [-0.25, -0.2) is 18.0 Å². The molecule has 112 valence electrons. The lowest BCUT2D eigenvalue weighted by molar-refractivity contribution is -0.678. The largest absolute Gasteiger partial charge is 0.748 e. The van der Waals surface area contributed by atoms with Crippen LogP contribution in [0.1, 0.15) is 32.5 Å². The summed E-state index contributed by atoms with van der Waals surface area (Å²) in [4.78, 5) is 3.20. The van der Waals surface area contributed by atoms with Gasteiger partial charge in [0.25, 0.3) is 5.82 Å². The van der Waals surface area contributed by atoms with Crippen molar-refractivity contribution in [3.8, 4) is 0 Å². The van der Waals surface area contributed by atoms with Crippen LogP contribution in [0.25, 0.3) is 0 Å². The molecule has 0 atom stereocenters. The average molecular weight is 294 g/mol. The second kappa shape index (κ2) is 9.03. The molecule has 0 saturated heterocycles. The van der Waals surface area contributed by atoms with Gasteiger partial charge >= 0.3 is 0 Å². The second-order valence-corrected chi connectivity index (χ2v) is 6.30. The number of H-pyrrole nitrogens is 1. The van der Waals surface area contributed by atoms with Crippen molar-refractivity contribution < 1.29 is 21.9 Å². The number of nitrogens with one attached hydrogen (secondary N) is 1. The number of halogens is 1. The van der Waals surface area contributed by atoms with Gasteiger partial charge in [0.15, 0.2) is 0 Å². The summed E-state index contributed by atoms with van der Waals surface area (Å²) >= 11 is 0. The lowest BCUT2D eigenvalue weighted by Crippen LogP contribution is -2.31. The number of imidazole rings is 1. The summed E-state index contributed by atoms with van der Waals surface area (Å²) in [6.07, 6.45) is 5.42. The number of aromatic amines is 1. The predicted octanol–water partition coefficient (Wildman–Crippen LogP) is 1.32. The number of rotatable bonds is 6. The van der Waals surface area contributed by atoms with Crippen molar-refractivity contribution in [1.82, 2.24) is 4.98 Å². The number of aryl methyl sites for hydroxylation is 1. The summed E-state index contributed by atoms with van der Waals surface area (Å²) in [7, 11) is -2.05. The Kier molecular flexibility index (Phi) is 8.58. The molecular formula is C12H23FN2O3S. The number of nitrogens with zero attached hydrogens (tertiary/aromatic N) is 1. The minimum atomic E-state index is -4.11. The van der Waals surface area contributed by atoms with Gasteiger partial charge in [-0.05, 0) is 18.8 Å². The van der Waals surface area contributed by atoms with E-state index in [0.717, 1.165) is 12.3 Å². The Morgan fingerprint density at radius 3 is 2.42 bits per heavy atom. The quantitative estimate of drug-likeness (QED) is 0.488. The molecule has 0 saturated carbocycles. The van der Waals surface area contributed by atoms with Gasteiger partial charge in [0.05, 0.1) is 30.3 Å². The lowest BCUT2D eigenvalue weighted by atomic mass is 10.1. The summed E-state index contributed by atoms with van der Waals surface area (Å²) in [5.41, 5.74) is 0. The standard InChI is InChI=1S/C8H14N2.C4H9FO3S/c1-7(2)6-8-9-4-5-10(8)3;5-3-1-2-4-9(6,7)8/h4-5,7H,6H2,1-3H3;1-4H2,(H,6,7,8). The predicted molar refractivity (Wildman–Crippen MR) is 70.3 cm³/mol. The van der Waals surface area contributed by atoms with E-state index in [1.54, 1.807) is 0 Å². The maximum atomic E-state index is 11.3. The molecule has 0 aliphatic rings. The zero-order valence-corrected chi connectivity index (χ0v) is 12.5. The van der Waals surface area contributed by atoms with Gasteiger partial charge < -0.3 is 4.55 Å². The molecule has 0 amide bonds. The fraction of sp³-hybridized carbons (Fsp3) is 0.750. The van der Waals surface area contributed by atoms with E-state index >= 15 is 0 Å². The van der Waals surface area contributed by atoms with Crippen LogP contribution in [0, 0.1) is 5.92 Å². The van der Waals surface area contributed by atoms with Gasteiger partial charge in [-0.3, -0.25) is 4.39 Å². The molecule has 0 aliphatic carbocycles. The average Bonchev–Trinajstić information content (AvgIpc) is 2.63. The van der Waals surface area contributed by atoms with Gasteiger partial charge in [-0.1, -0.05) is 13.8 Å². The van der Waals surface area contributed by atoms with Crippen LogP contribution in [0.4, 0.5) is 4.39 Å². The van der Waals surface area contributed by atoms with E-state index in [1.165, 1.54) is 5.82 Å². The molecule has 19 heavy (non-hydrogen) atoms. The molecule has 0 spiro atoms. The van der Waals surface area contributed by atoms with Crippen molar-refractivity contribution in [3.63, 3.8) is 0 Å². The van der Waals surface area contributed by atoms with Crippen LogP contribution in [0.2, 0.25) is 0 Å². The van der Waals surface area contributed by atoms with Gasteiger partial charge in [0, 0.05) is 5.75 Å². The van der Waals surface area contributed by atoms with Crippen molar-refractivity contribution in [1.29, 1.82) is 0 Å². The normalized spacial score (nSPS) is 11.3. The van der Waals surface area contributed by atoms with Crippen LogP contribution >= 0.6 is 0 Å². The molecule has 5 nitrogen and oxygen atoms in total. The maximum absolute atomic E-state index is 11.3. The molecule has 0 bridgehead atoms. The summed E-state index contributed by atoms with van der Waals surface area (Å²) in [6, 6.07) is 0. The summed E-state index contributed by atoms with van der Waals surface area (Å²) in [6.45, 7) is 3.89. The van der Waals surface area contributed by atoms with E-state index in [1.807, 2.05) is 12.4 Å². The number of hydrogen-bond acceptors (Lipinski definition) is 3. The van der Waals surface area contributed by atoms with E-state index in [2.05, 4.69) is 30.4 Å². The minimum Gasteiger partial charge on any atom is -0.748 e. The van der Waals surface area contributed by atoms with E-state index in [9.17, 15) is 17.4 Å². The Balaban J connectivity index is 0.000000344. The number of hydrogen-bond donors (Lipinski definition) is 1. The van der Waals surface area contributed by atoms with Crippen LogP contribution < -0.4 is 4.57 Å². The van der Waals surface area contributed by atoms with Crippen LogP contribution in [0.3, 0.4) is 0 Å². The van der Waals surface area contributed by atoms with E-state index in [4.69, 9.17) is 0 Å². The maximum Gasteiger partial charge on any atom is 0.254 e. The molecule has 1 aromatic rings. The molecule has 0 fully saturated rings. The second-order valence-electron chi connectivity index (χ2n) is 4.77. The van der Waals surface area contributed by atoms with Gasteiger partial charge in [-0.2, -0.15) is 0 Å². The molecule has 1 aromatic heterocycles. The van der Waals surface area contributed by atoms with Crippen molar-refractivity contribution in [2.24, 2.45) is 13.0 Å². The number of aromatic nitrogens is 2. The zero-order chi connectivity index (χ0) is 14.9. The van der Waals surface area contributed by atoms with Crippen LogP contribution in [0.5, 0.6) is 0 Å². The van der Waals surface area contributed by atoms with Crippen molar-refractivity contribution in [2.75, 3.05) is 12.4 Å². The van der Waals surface area contributed by atoms with Gasteiger partial charge in [0.1, 0.15) is 12.4 Å². The highest BCUT2D eigenvalue weighted by Crippen LogP contribution is 1.99. The fourth-order valence-electron chi connectivity index (χ4n) is 1.40. The third kappa shape index (κ3) is 10.6. The van der Waals surface area contributed by atoms with Crippen LogP contribution in [0.15, 0.2) is 12.4 Å². The smallest absolute Gasteiger partial charge is 0.254 e. The highest BCUT2D eigenvalue weighted by Gasteiger charge is 2.07.